The number of hydrogen-bond donors (Lipinski definition) is 1. The Morgan fingerprint density at radius 1 is 1.00 bits per heavy atom. The van der Waals surface area contributed by atoms with Crippen molar-refractivity contribution >= 4 is 0 Å². The Hall–Kier alpha value is -1.74. The fourth-order valence-electron chi connectivity index (χ4n) is 2.24. The molecule has 2 aromatic rings. The van der Waals surface area contributed by atoms with Gasteiger partial charge in [0.1, 0.15) is 5.60 Å². The molecular formula is C17H18F2O. The maximum atomic E-state index is 14.1. The average Bonchev–Trinajstić information content (AvgIpc) is 2.44. The fourth-order valence-corrected chi connectivity index (χ4v) is 2.24. The molecule has 0 heterocycles. The molecule has 0 aromatic heterocycles. The molecule has 0 aliphatic carbocycles. The first-order valence-electron chi connectivity index (χ1n) is 6.64. The summed E-state index contributed by atoms with van der Waals surface area (Å²) in [6.45, 7) is 5.00. The lowest BCUT2D eigenvalue weighted by molar-refractivity contribution is 0.0969. The van der Waals surface area contributed by atoms with Crippen molar-refractivity contribution in [3.63, 3.8) is 0 Å². The van der Waals surface area contributed by atoms with E-state index in [2.05, 4.69) is 0 Å². The van der Waals surface area contributed by atoms with E-state index in [0.717, 1.165) is 12.0 Å². The molecular weight excluding hydrogens is 258 g/mol. The van der Waals surface area contributed by atoms with Gasteiger partial charge in [-0.15, -0.1) is 0 Å². The van der Waals surface area contributed by atoms with Crippen LogP contribution in [0.1, 0.15) is 36.1 Å². The van der Waals surface area contributed by atoms with Crippen molar-refractivity contribution in [2.75, 3.05) is 0 Å². The molecule has 0 fully saturated rings. The average molecular weight is 276 g/mol. The summed E-state index contributed by atoms with van der Waals surface area (Å²) in [5.41, 5.74) is 0.274. The van der Waals surface area contributed by atoms with Crippen molar-refractivity contribution in [3.8, 4) is 0 Å². The van der Waals surface area contributed by atoms with Gasteiger partial charge < -0.3 is 5.11 Å². The quantitative estimate of drug-likeness (QED) is 0.895. The lowest BCUT2D eigenvalue weighted by Crippen LogP contribution is -2.25. The molecule has 0 bridgehead atoms. The molecule has 1 nitrogen and oxygen atoms in total. The van der Waals surface area contributed by atoms with Gasteiger partial charge in [0.15, 0.2) is 11.6 Å². The largest absolute Gasteiger partial charge is 0.381 e. The number of hydrogen-bond acceptors (Lipinski definition) is 1. The van der Waals surface area contributed by atoms with Gasteiger partial charge in [-0.05, 0) is 37.0 Å². The number of aliphatic hydroxyl groups is 1. The Bertz CT molecular complexity index is 616. The predicted molar refractivity (Wildman–Crippen MR) is 75.6 cm³/mol. The summed E-state index contributed by atoms with van der Waals surface area (Å²) >= 11 is 0. The van der Waals surface area contributed by atoms with E-state index >= 15 is 0 Å². The Kier molecular flexibility index (Phi) is 3.91. The van der Waals surface area contributed by atoms with Gasteiger partial charge in [0.2, 0.25) is 0 Å². The topological polar surface area (TPSA) is 20.2 Å². The van der Waals surface area contributed by atoms with Gasteiger partial charge in [-0.2, -0.15) is 0 Å². The Balaban J connectivity index is 2.51. The van der Waals surface area contributed by atoms with Crippen LogP contribution in [-0.4, -0.2) is 5.11 Å². The van der Waals surface area contributed by atoms with E-state index in [0.29, 0.717) is 5.56 Å². The Labute approximate surface area is 117 Å². The molecule has 1 atom stereocenters. The zero-order chi connectivity index (χ0) is 14.9. The third kappa shape index (κ3) is 2.46. The summed E-state index contributed by atoms with van der Waals surface area (Å²) in [4.78, 5) is 0. The van der Waals surface area contributed by atoms with Crippen molar-refractivity contribution in [3.05, 3.63) is 70.3 Å². The minimum Gasteiger partial charge on any atom is -0.381 e. The standard InChI is InChI=1S/C17H18F2O/c1-4-12-6-8-13(9-7-12)17(3,20)14-10-5-11(2)15(18)16(14)19/h5-10,20H,4H2,1-3H3. The van der Waals surface area contributed by atoms with Gasteiger partial charge >= 0.3 is 0 Å². The van der Waals surface area contributed by atoms with Crippen LogP contribution >= 0.6 is 0 Å². The number of rotatable bonds is 3. The van der Waals surface area contributed by atoms with Gasteiger partial charge in [-0.3, -0.25) is 0 Å². The first kappa shape index (κ1) is 14.7. The Morgan fingerprint density at radius 3 is 2.15 bits per heavy atom. The third-order valence-corrected chi connectivity index (χ3v) is 3.72. The van der Waals surface area contributed by atoms with Crippen LogP contribution in [-0.2, 0) is 12.0 Å². The van der Waals surface area contributed by atoms with Crippen LogP contribution in [0.15, 0.2) is 36.4 Å². The zero-order valence-electron chi connectivity index (χ0n) is 11.9. The maximum Gasteiger partial charge on any atom is 0.165 e. The molecule has 0 saturated heterocycles. The molecule has 2 aromatic carbocycles. The van der Waals surface area contributed by atoms with E-state index in [1.807, 2.05) is 19.1 Å². The van der Waals surface area contributed by atoms with Crippen molar-refractivity contribution < 1.29 is 13.9 Å². The number of aryl methyl sites for hydroxylation is 2. The Morgan fingerprint density at radius 2 is 1.60 bits per heavy atom. The van der Waals surface area contributed by atoms with Crippen LogP contribution in [0, 0.1) is 18.6 Å². The van der Waals surface area contributed by atoms with Crippen molar-refractivity contribution in [2.24, 2.45) is 0 Å². The van der Waals surface area contributed by atoms with Gasteiger partial charge in [0.25, 0.3) is 0 Å². The van der Waals surface area contributed by atoms with Crippen molar-refractivity contribution in [1.82, 2.24) is 0 Å². The summed E-state index contributed by atoms with van der Waals surface area (Å²) in [6.07, 6.45) is 0.885. The van der Waals surface area contributed by atoms with E-state index in [1.165, 1.54) is 26.0 Å². The number of halogens is 2. The summed E-state index contributed by atoms with van der Waals surface area (Å²) in [6, 6.07) is 10.2. The van der Waals surface area contributed by atoms with Crippen LogP contribution < -0.4 is 0 Å². The van der Waals surface area contributed by atoms with Crippen molar-refractivity contribution in [1.29, 1.82) is 0 Å². The molecule has 20 heavy (non-hydrogen) atoms. The SMILES string of the molecule is CCc1ccc(C(C)(O)c2ccc(C)c(F)c2F)cc1. The van der Waals surface area contributed by atoms with E-state index in [1.54, 1.807) is 12.1 Å². The lowest BCUT2D eigenvalue weighted by Gasteiger charge is -2.25. The highest BCUT2D eigenvalue weighted by Gasteiger charge is 2.30. The van der Waals surface area contributed by atoms with Gasteiger partial charge in [0, 0.05) is 5.56 Å². The fraction of sp³-hybridized carbons (Fsp3) is 0.294. The minimum atomic E-state index is -1.56. The minimum absolute atomic E-state index is 0.0511. The first-order chi connectivity index (χ1) is 9.37. The van der Waals surface area contributed by atoms with Gasteiger partial charge in [-0.1, -0.05) is 43.3 Å². The van der Waals surface area contributed by atoms with Crippen molar-refractivity contribution in [2.45, 2.75) is 32.8 Å². The van der Waals surface area contributed by atoms with E-state index in [9.17, 15) is 13.9 Å². The van der Waals surface area contributed by atoms with E-state index in [4.69, 9.17) is 0 Å². The second-order valence-electron chi connectivity index (χ2n) is 5.18. The van der Waals surface area contributed by atoms with E-state index < -0.39 is 17.2 Å². The second kappa shape index (κ2) is 5.33. The molecule has 0 radical (unpaired) electrons. The highest BCUT2D eigenvalue weighted by Crippen LogP contribution is 2.32. The molecule has 0 aliphatic heterocycles. The van der Waals surface area contributed by atoms with Crippen LogP contribution in [0.5, 0.6) is 0 Å². The molecule has 0 aliphatic rings. The molecule has 1 N–H and O–H groups in total. The van der Waals surface area contributed by atoms with Crippen LogP contribution in [0.3, 0.4) is 0 Å². The first-order valence-corrected chi connectivity index (χ1v) is 6.64. The molecule has 0 spiro atoms. The normalized spacial score (nSPS) is 14.1. The molecule has 3 heteroatoms. The lowest BCUT2D eigenvalue weighted by atomic mass is 9.86. The van der Waals surface area contributed by atoms with Crippen LogP contribution in [0.4, 0.5) is 8.78 Å². The molecule has 1 unspecified atom stereocenters. The highest BCUT2D eigenvalue weighted by molar-refractivity contribution is 5.39. The van der Waals surface area contributed by atoms with Gasteiger partial charge in [0.05, 0.1) is 0 Å². The predicted octanol–water partition coefficient (Wildman–Crippen LogP) is 4.09. The zero-order valence-corrected chi connectivity index (χ0v) is 11.9. The monoisotopic (exact) mass is 276 g/mol. The van der Waals surface area contributed by atoms with E-state index in [-0.39, 0.29) is 11.1 Å². The summed E-state index contributed by atoms with van der Waals surface area (Å²) in [5, 5.41) is 10.6. The molecule has 0 saturated carbocycles. The molecule has 2 rings (SSSR count). The summed E-state index contributed by atoms with van der Waals surface area (Å²) in [5.74, 6) is -1.90. The molecule has 106 valence electrons. The number of benzene rings is 2. The van der Waals surface area contributed by atoms with Crippen LogP contribution in [0.25, 0.3) is 0 Å². The summed E-state index contributed by atoms with van der Waals surface area (Å²) in [7, 11) is 0. The van der Waals surface area contributed by atoms with Crippen LogP contribution in [0.2, 0.25) is 0 Å². The molecule has 0 amide bonds. The maximum absolute atomic E-state index is 14.1. The van der Waals surface area contributed by atoms with Gasteiger partial charge in [-0.25, -0.2) is 8.78 Å². The highest BCUT2D eigenvalue weighted by atomic mass is 19.2. The third-order valence-electron chi connectivity index (χ3n) is 3.72. The summed E-state index contributed by atoms with van der Waals surface area (Å²) < 4.78 is 27.7. The second-order valence-corrected chi connectivity index (χ2v) is 5.18. The smallest absolute Gasteiger partial charge is 0.165 e.